The van der Waals surface area contributed by atoms with Gasteiger partial charge in [-0.25, -0.2) is 0 Å². The van der Waals surface area contributed by atoms with Crippen molar-refractivity contribution in [1.82, 2.24) is 0 Å². The van der Waals surface area contributed by atoms with Crippen molar-refractivity contribution in [2.75, 3.05) is 12.4 Å². The maximum atomic E-state index is 11.9. The highest BCUT2D eigenvalue weighted by molar-refractivity contribution is 6.36. The molecule has 0 atom stereocenters. The molecule has 2 aromatic carbocycles. The summed E-state index contributed by atoms with van der Waals surface area (Å²) in [5, 5.41) is 3.98. The van der Waals surface area contributed by atoms with Crippen LogP contribution in [0, 0.1) is 0 Å². The molecule has 3 nitrogen and oxygen atoms in total. The summed E-state index contributed by atoms with van der Waals surface area (Å²) in [7, 11) is 1.50. The highest BCUT2D eigenvalue weighted by atomic mass is 35.5. The molecule has 0 bridgehead atoms. The molecule has 0 saturated carbocycles. The van der Waals surface area contributed by atoms with Crippen molar-refractivity contribution in [3.63, 3.8) is 0 Å². The predicted octanol–water partition coefficient (Wildman–Crippen LogP) is 5.31. The van der Waals surface area contributed by atoms with Crippen LogP contribution in [0.25, 0.3) is 6.08 Å². The average Bonchev–Trinajstić information content (AvgIpc) is 2.47. The third-order valence-electron chi connectivity index (χ3n) is 2.79. The first-order valence-electron chi connectivity index (χ1n) is 6.28. The zero-order valence-corrected chi connectivity index (χ0v) is 13.8. The molecule has 0 fully saturated rings. The van der Waals surface area contributed by atoms with Gasteiger partial charge in [-0.15, -0.1) is 0 Å². The Morgan fingerprint density at radius 1 is 1.14 bits per heavy atom. The fourth-order valence-corrected chi connectivity index (χ4v) is 2.59. The summed E-state index contributed by atoms with van der Waals surface area (Å²) >= 11 is 18.0. The minimum atomic E-state index is -0.328. The number of benzene rings is 2. The van der Waals surface area contributed by atoms with Crippen LogP contribution in [0.4, 0.5) is 5.69 Å². The highest BCUT2D eigenvalue weighted by Crippen LogP contribution is 2.33. The zero-order valence-electron chi connectivity index (χ0n) is 11.6. The molecule has 2 aromatic rings. The summed E-state index contributed by atoms with van der Waals surface area (Å²) in [5.41, 5.74) is 1.14. The minimum absolute atomic E-state index is 0.328. The van der Waals surface area contributed by atoms with Gasteiger partial charge in [0.15, 0.2) is 0 Å². The van der Waals surface area contributed by atoms with Crippen molar-refractivity contribution in [2.24, 2.45) is 0 Å². The maximum absolute atomic E-state index is 11.9. The van der Waals surface area contributed by atoms with Crippen LogP contribution in [0.5, 0.6) is 5.75 Å². The van der Waals surface area contributed by atoms with E-state index in [9.17, 15) is 4.79 Å². The number of para-hydroxylation sites is 1. The lowest BCUT2D eigenvalue weighted by Crippen LogP contribution is -2.08. The van der Waals surface area contributed by atoms with Gasteiger partial charge >= 0.3 is 0 Å². The normalized spacial score (nSPS) is 10.7. The Morgan fingerprint density at radius 2 is 1.86 bits per heavy atom. The number of hydrogen-bond donors (Lipinski definition) is 1. The quantitative estimate of drug-likeness (QED) is 0.754. The highest BCUT2D eigenvalue weighted by Gasteiger charge is 2.08. The van der Waals surface area contributed by atoms with Gasteiger partial charge in [-0.05, 0) is 30.3 Å². The van der Waals surface area contributed by atoms with Crippen molar-refractivity contribution in [1.29, 1.82) is 0 Å². The first-order valence-corrected chi connectivity index (χ1v) is 7.41. The van der Waals surface area contributed by atoms with E-state index >= 15 is 0 Å². The molecule has 1 amide bonds. The van der Waals surface area contributed by atoms with Crippen LogP contribution < -0.4 is 10.1 Å². The summed E-state index contributed by atoms with van der Waals surface area (Å²) in [6, 6.07) is 10.2. The summed E-state index contributed by atoms with van der Waals surface area (Å²) in [6.07, 6.45) is 2.93. The van der Waals surface area contributed by atoms with Crippen LogP contribution in [-0.4, -0.2) is 13.0 Å². The number of carbonyl (C=O) groups is 1. The van der Waals surface area contributed by atoms with Gasteiger partial charge in [0.2, 0.25) is 5.91 Å². The molecule has 0 radical (unpaired) electrons. The van der Waals surface area contributed by atoms with Gasteiger partial charge in [-0.2, -0.15) is 0 Å². The molecular weight excluding hydrogens is 345 g/mol. The number of anilines is 1. The molecule has 0 spiro atoms. The van der Waals surface area contributed by atoms with Crippen LogP contribution in [0.2, 0.25) is 15.1 Å². The fourth-order valence-electron chi connectivity index (χ4n) is 1.82. The summed E-state index contributed by atoms with van der Waals surface area (Å²) in [4.78, 5) is 11.9. The van der Waals surface area contributed by atoms with Crippen molar-refractivity contribution >= 4 is 52.5 Å². The molecule has 0 aromatic heterocycles. The van der Waals surface area contributed by atoms with Gasteiger partial charge < -0.3 is 10.1 Å². The van der Waals surface area contributed by atoms with Crippen LogP contribution in [0.15, 0.2) is 42.5 Å². The second-order valence-corrected chi connectivity index (χ2v) is 5.56. The van der Waals surface area contributed by atoms with E-state index in [-0.39, 0.29) is 5.91 Å². The van der Waals surface area contributed by atoms with E-state index < -0.39 is 0 Å². The van der Waals surface area contributed by atoms with Crippen LogP contribution >= 0.6 is 34.8 Å². The molecule has 0 aliphatic carbocycles. The third kappa shape index (κ3) is 4.17. The maximum Gasteiger partial charge on any atom is 0.248 e. The van der Waals surface area contributed by atoms with Crippen LogP contribution in [0.1, 0.15) is 5.56 Å². The van der Waals surface area contributed by atoms with E-state index in [1.54, 1.807) is 42.5 Å². The number of rotatable bonds is 4. The molecule has 0 heterocycles. The van der Waals surface area contributed by atoms with Crippen molar-refractivity contribution in [2.45, 2.75) is 0 Å². The second kappa shape index (κ2) is 7.54. The van der Waals surface area contributed by atoms with Crippen LogP contribution in [-0.2, 0) is 4.79 Å². The minimum Gasteiger partial charge on any atom is -0.495 e. The Morgan fingerprint density at radius 3 is 2.55 bits per heavy atom. The summed E-state index contributed by atoms with van der Waals surface area (Å²) < 4.78 is 5.21. The number of ether oxygens (including phenoxy) is 1. The molecule has 6 heteroatoms. The number of methoxy groups -OCH3 is 1. The fraction of sp³-hybridized carbons (Fsp3) is 0.0625. The molecule has 1 N–H and O–H groups in total. The molecular formula is C16H12Cl3NO2. The van der Waals surface area contributed by atoms with Crippen molar-refractivity contribution < 1.29 is 9.53 Å². The van der Waals surface area contributed by atoms with Crippen molar-refractivity contribution in [3.8, 4) is 5.75 Å². The van der Waals surface area contributed by atoms with Gasteiger partial charge in [0, 0.05) is 16.7 Å². The van der Waals surface area contributed by atoms with E-state index in [2.05, 4.69) is 5.32 Å². The number of hydrogen-bond acceptors (Lipinski definition) is 2. The average molecular weight is 357 g/mol. The smallest absolute Gasteiger partial charge is 0.248 e. The molecule has 2 rings (SSSR count). The Labute approximate surface area is 143 Å². The SMILES string of the molecule is COc1c(Cl)cc(Cl)cc1/C=C/C(=O)Nc1ccccc1Cl. The summed E-state index contributed by atoms with van der Waals surface area (Å²) in [5.74, 6) is 0.124. The number of amides is 1. The molecule has 0 aliphatic rings. The number of carbonyl (C=O) groups excluding carboxylic acids is 1. The van der Waals surface area contributed by atoms with Gasteiger partial charge in [0.1, 0.15) is 5.75 Å². The monoisotopic (exact) mass is 355 g/mol. The molecule has 0 saturated heterocycles. The van der Waals surface area contributed by atoms with Gasteiger partial charge in [0.25, 0.3) is 0 Å². The molecule has 0 unspecified atom stereocenters. The number of halogens is 3. The summed E-state index contributed by atoms with van der Waals surface area (Å²) in [6.45, 7) is 0. The lowest BCUT2D eigenvalue weighted by molar-refractivity contribution is -0.111. The van der Waals surface area contributed by atoms with Gasteiger partial charge in [-0.3, -0.25) is 4.79 Å². The molecule has 0 aliphatic heterocycles. The predicted molar refractivity (Wildman–Crippen MR) is 92.1 cm³/mol. The second-order valence-electron chi connectivity index (χ2n) is 4.31. The Bertz CT molecular complexity index is 729. The van der Waals surface area contributed by atoms with Crippen LogP contribution in [0.3, 0.4) is 0 Å². The van der Waals surface area contributed by atoms with Gasteiger partial charge in [0.05, 0.1) is 22.8 Å². The first kappa shape index (κ1) is 16.7. The standard InChI is InChI=1S/C16H12Cl3NO2/c1-22-16-10(8-11(17)9-13(16)19)6-7-15(21)20-14-5-3-2-4-12(14)18/h2-9H,1H3,(H,20,21)/b7-6+. The topological polar surface area (TPSA) is 38.3 Å². The van der Waals surface area contributed by atoms with E-state index in [4.69, 9.17) is 39.5 Å². The Kier molecular flexibility index (Phi) is 5.72. The van der Waals surface area contributed by atoms with E-state index in [1.807, 2.05) is 0 Å². The lowest BCUT2D eigenvalue weighted by atomic mass is 10.2. The lowest BCUT2D eigenvalue weighted by Gasteiger charge is -2.08. The van der Waals surface area contributed by atoms with E-state index in [0.717, 1.165) is 0 Å². The van der Waals surface area contributed by atoms with E-state index in [1.165, 1.54) is 13.2 Å². The largest absolute Gasteiger partial charge is 0.495 e. The Balaban J connectivity index is 2.18. The number of nitrogens with one attached hydrogen (secondary N) is 1. The third-order valence-corrected chi connectivity index (χ3v) is 3.62. The zero-order chi connectivity index (χ0) is 16.1. The van der Waals surface area contributed by atoms with E-state index in [0.29, 0.717) is 32.1 Å². The molecule has 114 valence electrons. The molecule has 22 heavy (non-hydrogen) atoms. The Hall–Kier alpha value is -1.68. The van der Waals surface area contributed by atoms with Crippen molar-refractivity contribution in [3.05, 3.63) is 63.1 Å². The first-order chi connectivity index (χ1) is 10.5. The van der Waals surface area contributed by atoms with Gasteiger partial charge in [-0.1, -0.05) is 46.9 Å².